The van der Waals surface area contributed by atoms with Crippen LogP contribution in [0, 0.1) is 0 Å². The van der Waals surface area contributed by atoms with Crippen molar-refractivity contribution in [1.82, 2.24) is 0 Å². The number of alkyl halides is 1. The standard InChI is InChI=1S/C16H27BrO3Si/c1-4-18-21(19-5-2,20-13-11-15(3)17)14-12-16-9-7-6-8-10-16/h6-10,15H,4-5,11-14H2,1-3H3. The van der Waals surface area contributed by atoms with Crippen molar-refractivity contribution in [3.05, 3.63) is 35.9 Å². The minimum atomic E-state index is -2.57. The summed E-state index contributed by atoms with van der Waals surface area (Å²) in [5.74, 6) is 0. The maximum atomic E-state index is 6.11. The molecule has 1 rings (SSSR count). The maximum Gasteiger partial charge on any atom is 0.501 e. The topological polar surface area (TPSA) is 27.7 Å². The molecule has 5 heteroatoms. The molecule has 0 bridgehead atoms. The Kier molecular flexibility index (Phi) is 9.43. The Morgan fingerprint density at radius 2 is 1.67 bits per heavy atom. The number of aryl methyl sites for hydroxylation is 1. The van der Waals surface area contributed by atoms with Crippen LogP contribution < -0.4 is 0 Å². The molecule has 0 aliphatic carbocycles. The lowest BCUT2D eigenvalue weighted by Gasteiger charge is -2.29. The highest BCUT2D eigenvalue weighted by Crippen LogP contribution is 2.20. The molecule has 0 amide bonds. The molecular weight excluding hydrogens is 348 g/mol. The molecule has 1 unspecified atom stereocenters. The first-order chi connectivity index (χ1) is 10.1. The number of rotatable bonds is 11. The molecule has 1 atom stereocenters. The third-order valence-corrected chi connectivity index (χ3v) is 6.55. The van der Waals surface area contributed by atoms with Crippen LogP contribution in [-0.4, -0.2) is 33.5 Å². The van der Waals surface area contributed by atoms with Crippen molar-refractivity contribution in [2.45, 2.75) is 44.5 Å². The van der Waals surface area contributed by atoms with Gasteiger partial charge in [-0.3, -0.25) is 0 Å². The SMILES string of the molecule is CCO[Si](CCc1ccccc1)(OCC)OCCC(C)Br. The smallest absolute Gasteiger partial charge is 0.374 e. The second-order valence-electron chi connectivity index (χ2n) is 4.95. The van der Waals surface area contributed by atoms with Gasteiger partial charge >= 0.3 is 8.80 Å². The van der Waals surface area contributed by atoms with Gasteiger partial charge in [-0.1, -0.05) is 53.2 Å². The monoisotopic (exact) mass is 374 g/mol. The maximum absolute atomic E-state index is 6.11. The van der Waals surface area contributed by atoms with Gasteiger partial charge in [-0.15, -0.1) is 0 Å². The van der Waals surface area contributed by atoms with Crippen molar-refractivity contribution in [2.24, 2.45) is 0 Å². The van der Waals surface area contributed by atoms with E-state index in [4.69, 9.17) is 13.3 Å². The first kappa shape index (κ1) is 18.8. The summed E-state index contributed by atoms with van der Waals surface area (Å²) in [6.07, 6.45) is 1.89. The largest absolute Gasteiger partial charge is 0.501 e. The predicted octanol–water partition coefficient (Wildman–Crippen LogP) is 4.43. The minimum absolute atomic E-state index is 0.446. The highest BCUT2D eigenvalue weighted by atomic mass is 79.9. The fourth-order valence-corrected chi connectivity index (χ4v) is 4.87. The molecule has 1 aromatic rings. The molecule has 3 nitrogen and oxygen atoms in total. The molecule has 0 aromatic heterocycles. The minimum Gasteiger partial charge on any atom is -0.374 e. The zero-order valence-corrected chi connectivity index (χ0v) is 15.9. The quantitative estimate of drug-likeness (QED) is 0.423. The van der Waals surface area contributed by atoms with Gasteiger partial charge in [-0.25, -0.2) is 0 Å². The van der Waals surface area contributed by atoms with E-state index >= 15 is 0 Å². The van der Waals surface area contributed by atoms with E-state index in [1.165, 1.54) is 5.56 Å². The van der Waals surface area contributed by atoms with Crippen molar-refractivity contribution >= 4 is 24.7 Å². The van der Waals surface area contributed by atoms with E-state index in [1.54, 1.807) is 0 Å². The van der Waals surface area contributed by atoms with Crippen LogP contribution in [0.5, 0.6) is 0 Å². The van der Waals surface area contributed by atoms with Crippen molar-refractivity contribution in [3.63, 3.8) is 0 Å². The number of halogens is 1. The lowest BCUT2D eigenvalue weighted by Crippen LogP contribution is -2.46. The van der Waals surface area contributed by atoms with Gasteiger partial charge in [0.05, 0.1) is 0 Å². The van der Waals surface area contributed by atoms with Crippen LogP contribution in [-0.2, 0) is 19.7 Å². The van der Waals surface area contributed by atoms with Crippen LogP contribution in [0.15, 0.2) is 30.3 Å². The Morgan fingerprint density at radius 1 is 1.05 bits per heavy atom. The van der Waals surface area contributed by atoms with Crippen molar-refractivity contribution in [1.29, 1.82) is 0 Å². The van der Waals surface area contributed by atoms with Gasteiger partial charge < -0.3 is 13.3 Å². The fourth-order valence-electron chi connectivity index (χ4n) is 2.10. The first-order valence-electron chi connectivity index (χ1n) is 7.71. The molecule has 0 heterocycles. The molecule has 0 N–H and O–H groups in total. The number of hydrogen-bond donors (Lipinski definition) is 0. The van der Waals surface area contributed by atoms with E-state index in [1.807, 2.05) is 19.9 Å². The van der Waals surface area contributed by atoms with Gasteiger partial charge in [0, 0.05) is 30.7 Å². The van der Waals surface area contributed by atoms with Crippen molar-refractivity contribution < 1.29 is 13.3 Å². The molecule has 1 aromatic carbocycles. The van der Waals surface area contributed by atoms with Crippen LogP contribution in [0.2, 0.25) is 6.04 Å². The summed E-state index contributed by atoms with van der Waals surface area (Å²) >= 11 is 3.55. The molecular formula is C16H27BrO3Si. The van der Waals surface area contributed by atoms with Gasteiger partial charge in [0.25, 0.3) is 0 Å². The summed E-state index contributed by atoms with van der Waals surface area (Å²) < 4.78 is 18.0. The average molecular weight is 375 g/mol. The molecule has 120 valence electrons. The third kappa shape index (κ3) is 7.56. The van der Waals surface area contributed by atoms with E-state index in [0.717, 1.165) is 18.9 Å². The average Bonchev–Trinajstić information content (AvgIpc) is 2.46. The molecule has 0 saturated heterocycles. The number of benzene rings is 1. The first-order valence-corrected chi connectivity index (χ1v) is 10.6. The van der Waals surface area contributed by atoms with E-state index < -0.39 is 8.80 Å². The summed E-state index contributed by atoms with van der Waals surface area (Å²) in [5.41, 5.74) is 1.30. The predicted molar refractivity (Wildman–Crippen MR) is 92.9 cm³/mol. The van der Waals surface area contributed by atoms with Crippen LogP contribution in [0.3, 0.4) is 0 Å². The molecule has 0 fully saturated rings. The van der Waals surface area contributed by atoms with Gasteiger partial charge in [-0.2, -0.15) is 0 Å². The molecule has 0 aliphatic heterocycles. The lowest BCUT2D eigenvalue weighted by atomic mass is 10.2. The molecule has 0 saturated carbocycles. The van der Waals surface area contributed by atoms with E-state index in [-0.39, 0.29) is 0 Å². The Labute approximate surface area is 138 Å². The summed E-state index contributed by atoms with van der Waals surface area (Å²) in [6, 6.07) is 11.3. The molecule has 0 radical (unpaired) electrons. The van der Waals surface area contributed by atoms with E-state index in [9.17, 15) is 0 Å². The number of hydrogen-bond acceptors (Lipinski definition) is 3. The van der Waals surface area contributed by atoms with Crippen molar-refractivity contribution in [3.8, 4) is 0 Å². The summed E-state index contributed by atoms with van der Waals surface area (Å²) in [7, 11) is -2.57. The van der Waals surface area contributed by atoms with Gasteiger partial charge in [0.15, 0.2) is 0 Å². The molecule has 21 heavy (non-hydrogen) atoms. The fraction of sp³-hybridized carbons (Fsp3) is 0.625. The van der Waals surface area contributed by atoms with Gasteiger partial charge in [0.1, 0.15) is 0 Å². The lowest BCUT2D eigenvalue weighted by molar-refractivity contribution is 0.0665. The van der Waals surface area contributed by atoms with Crippen molar-refractivity contribution in [2.75, 3.05) is 19.8 Å². The Bertz CT molecular complexity index is 367. The van der Waals surface area contributed by atoms with E-state index in [0.29, 0.717) is 24.6 Å². The second-order valence-corrected chi connectivity index (χ2v) is 9.25. The highest BCUT2D eigenvalue weighted by molar-refractivity contribution is 9.09. The highest BCUT2D eigenvalue weighted by Gasteiger charge is 2.40. The third-order valence-electron chi connectivity index (χ3n) is 3.13. The van der Waals surface area contributed by atoms with Crippen LogP contribution >= 0.6 is 15.9 Å². The zero-order valence-electron chi connectivity index (χ0n) is 13.3. The van der Waals surface area contributed by atoms with Crippen LogP contribution in [0.1, 0.15) is 32.8 Å². The Hall–Kier alpha value is -0.203. The molecule has 0 aliphatic rings. The van der Waals surface area contributed by atoms with Gasteiger partial charge in [-0.05, 0) is 32.3 Å². The second kappa shape index (κ2) is 10.5. The normalized spacial score (nSPS) is 13.3. The van der Waals surface area contributed by atoms with Crippen LogP contribution in [0.25, 0.3) is 0 Å². The summed E-state index contributed by atoms with van der Waals surface area (Å²) in [4.78, 5) is 0.446. The van der Waals surface area contributed by atoms with E-state index in [2.05, 4.69) is 47.1 Å². The summed E-state index contributed by atoms with van der Waals surface area (Å²) in [5, 5.41) is 0. The zero-order chi connectivity index (χ0) is 15.6. The Balaban J connectivity index is 2.64. The Morgan fingerprint density at radius 3 is 2.19 bits per heavy atom. The van der Waals surface area contributed by atoms with Crippen LogP contribution in [0.4, 0.5) is 0 Å². The summed E-state index contributed by atoms with van der Waals surface area (Å²) in [6.45, 7) is 8.06. The molecule has 0 spiro atoms. The van der Waals surface area contributed by atoms with Gasteiger partial charge in [0.2, 0.25) is 0 Å².